The lowest BCUT2D eigenvalue weighted by Gasteiger charge is -2.21. The predicted octanol–water partition coefficient (Wildman–Crippen LogP) is 1.12. The van der Waals surface area contributed by atoms with Crippen molar-refractivity contribution in [2.75, 3.05) is 5.32 Å². The Morgan fingerprint density at radius 1 is 1.24 bits per heavy atom. The minimum atomic E-state index is -4.22. The summed E-state index contributed by atoms with van der Waals surface area (Å²) in [7, 11) is -4.22. The maximum Gasteiger partial charge on any atom is 0.427 e. The van der Waals surface area contributed by atoms with Gasteiger partial charge in [-0.3, -0.25) is 4.79 Å². The van der Waals surface area contributed by atoms with Crippen LogP contribution in [-0.2, 0) is 19.7 Å². The molecular weight excluding hydrogens is 352 g/mol. The first kappa shape index (κ1) is 19.2. The van der Waals surface area contributed by atoms with Crippen molar-refractivity contribution in [2.24, 2.45) is 0 Å². The molecule has 0 radical (unpaired) electrons. The third-order valence-corrected chi connectivity index (χ3v) is 5.55. The van der Waals surface area contributed by atoms with Gasteiger partial charge in [-0.15, -0.1) is 0 Å². The maximum absolute atomic E-state index is 12.5. The number of sulfonamides is 1. The standard InChI is InChI=1S/C14H22N4O6S/c1-8-10(9(2)23-17-8)15-11(19)14(6-7-14)25(21,22)18-24-12(20)16-13(3,4)5/h18H,6-7H2,1-5H3,(H,15,19)(H,16,20). The number of carbonyl (C=O) groups is 2. The number of aromatic nitrogens is 1. The molecule has 1 fully saturated rings. The molecule has 0 atom stereocenters. The van der Waals surface area contributed by atoms with Crippen LogP contribution in [-0.4, -0.2) is 35.9 Å². The van der Waals surface area contributed by atoms with E-state index in [0.717, 1.165) is 0 Å². The van der Waals surface area contributed by atoms with E-state index in [1.54, 1.807) is 39.5 Å². The van der Waals surface area contributed by atoms with Crippen LogP contribution in [0.5, 0.6) is 0 Å². The Labute approximate surface area is 145 Å². The summed E-state index contributed by atoms with van der Waals surface area (Å²) in [5.74, 6) is -0.359. The zero-order chi connectivity index (χ0) is 19.0. The zero-order valence-corrected chi connectivity index (χ0v) is 15.5. The van der Waals surface area contributed by atoms with Crippen molar-refractivity contribution >= 4 is 27.7 Å². The number of hydrogen-bond acceptors (Lipinski definition) is 7. The van der Waals surface area contributed by atoms with Gasteiger partial charge in [-0.1, -0.05) is 5.16 Å². The highest BCUT2D eigenvalue weighted by atomic mass is 32.2. The zero-order valence-electron chi connectivity index (χ0n) is 14.7. The van der Waals surface area contributed by atoms with Crippen LogP contribution in [0.25, 0.3) is 0 Å². The molecule has 2 amide bonds. The molecule has 1 aromatic rings. The first-order valence-corrected chi connectivity index (χ1v) is 9.11. The normalized spacial score (nSPS) is 16.2. The van der Waals surface area contributed by atoms with E-state index in [4.69, 9.17) is 4.52 Å². The van der Waals surface area contributed by atoms with Crippen LogP contribution in [0.15, 0.2) is 4.52 Å². The number of nitrogens with zero attached hydrogens (tertiary/aromatic N) is 1. The summed E-state index contributed by atoms with van der Waals surface area (Å²) in [6.45, 7) is 8.35. The molecule has 1 saturated carbocycles. The van der Waals surface area contributed by atoms with Crippen molar-refractivity contribution < 1.29 is 27.4 Å². The van der Waals surface area contributed by atoms with Gasteiger partial charge in [0.15, 0.2) is 10.5 Å². The fraction of sp³-hybridized carbons (Fsp3) is 0.643. The van der Waals surface area contributed by atoms with Crippen LogP contribution < -0.4 is 15.5 Å². The van der Waals surface area contributed by atoms with Crippen LogP contribution in [0.3, 0.4) is 0 Å². The molecule has 2 rings (SSSR count). The van der Waals surface area contributed by atoms with E-state index in [1.165, 1.54) is 0 Å². The molecule has 0 aliphatic heterocycles. The number of rotatable bonds is 5. The van der Waals surface area contributed by atoms with Gasteiger partial charge in [0.1, 0.15) is 11.4 Å². The van der Waals surface area contributed by atoms with Gasteiger partial charge in [-0.05, 0) is 52.3 Å². The molecule has 140 valence electrons. The summed E-state index contributed by atoms with van der Waals surface area (Å²) in [6.07, 6.45) is -0.734. The molecule has 25 heavy (non-hydrogen) atoms. The van der Waals surface area contributed by atoms with E-state index < -0.39 is 32.3 Å². The summed E-state index contributed by atoms with van der Waals surface area (Å²) in [5.41, 5.74) is 0.172. The van der Waals surface area contributed by atoms with Gasteiger partial charge in [0.2, 0.25) is 5.91 Å². The minimum absolute atomic E-state index is 0.113. The van der Waals surface area contributed by atoms with E-state index in [0.29, 0.717) is 17.1 Å². The first-order chi connectivity index (χ1) is 11.4. The Hall–Kier alpha value is -2.14. The van der Waals surface area contributed by atoms with E-state index >= 15 is 0 Å². The highest BCUT2D eigenvalue weighted by Crippen LogP contribution is 2.44. The van der Waals surface area contributed by atoms with E-state index in [-0.39, 0.29) is 12.8 Å². The lowest BCUT2D eigenvalue weighted by molar-refractivity contribution is -0.116. The average Bonchev–Trinajstić information content (AvgIpc) is 3.23. The third kappa shape index (κ3) is 4.10. The van der Waals surface area contributed by atoms with E-state index in [1.807, 2.05) is 0 Å². The second-order valence-corrected chi connectivity index (χ2v) is 8.95. The molecule has 3 N–H and O–H groups in total. The van der Waals surface area contributed by atoms with Crippen LogP contribution in [0.4, 0.5) is 10.5 Å². The van der Waals surface area contributed by atoms with Gasteiger partial charge in [-0.25, -0.2) is 13.2 Å². The number of nitrogens with one attached hydrogen (secondary N) is 3. The number of anilines is 1. The monoisotopic (exact) mass is 374 g/mol. The lowest BCUT2D eigenvalue weighted by atomic mass is 10.1. The number of hydrogen-bond donors (Lipinski definition) is 3. The highest BCUT2D eigenvalue weighted by Gasteiger charge is 2.61. The topological polar surface area (TPSA) is 140 Å². The summed E-state index contributed by atoms with van der Waals surface area (Å²) in [5, 5.41) is 8.65. The van der Waals surface area contributed by atoms with Gasteiger partial charge < -0.3 is 20.0 Å². The Morgan fingerprint density at radius 2 is 1.84 bits per heavy atom. The summed E-state index contributed by atoms with van der Waals surface area (Å²) in [6, 6.07) is 0. The van der Waals surface area contributed by atoms with Gasteiger partial charge in [0.25, 0.3) is 10.0 Å². The van der Waals surface area contributed by atoms with Crippen molar-refractivity contribution in [2.45, 2.75) is 57.7 Å². The second-order valence-electron chi connectivity index (χ2n) is 7.00. The third-order valence-electron chi connectivity index (χ3n) is 3.63. The summed E-state index contributed by atoms with van der Waals surface area (Å²) in [4.78, 5) is 30.3. The fourth-order valence-electron chi connectivity index (χ4n) is 2.12. The Balaban J connectivity index is 2.05. The average molecular weight is 374 g/mol. The quantitative estimate of drug-likeness (QED) is 0.656. The lowest BCUT2D eigenvalue weighted by Crippen LogP contribution is -2.48. The van der Waals surface area contributed by atoms with Crippen LogP contribution in [0.1, 0.15) is 45.1 Å². The predicted molar refractivity (Wildman–Crippen MR) is 88.0 cm³/mol. The second kappa shape index (κ2) is 6.30. The molecule has 0 unspecified atom stereocenters. The molecule has 1 aliphatic rings. The Bertz CT molecular complexity index is 769. The van der Waals surface area contributed by atoms with Gasteiger partial charge >= 0.3 is 6.09 Å². The molecule has 11 heteroatoms. The molecule has 1 aliphatic carbocycles. The smallest absolute Gasteiger partial charge is 0.359 e. The molecule has 0 saturated heterocycles. The maximum atomic E-state index is 12.5. The first-order valence-electron chi connectivity index (χ1n) is 7.63. The molecular formula is C14H22N4O6S. The van der Waals surface area contributed by atoms with E-state index in [9.17, 15) is 18.0 Å². The van der Waals surface area contributed by atoms with Crippen LogP contribution in [0, 0.1) is 13.8 Å². The van der Waals surface area contributed by atoms with Crippen molar-refractivity contribution in [3.63, 3.8) is 0 Å². The van der Waals surface area contributed by atoms with Crippen LogP contribution in [0.2, 0.25) is 0 Å². The number of amides is 2. The van der Waals surface area contributed by atoms with Gasteiger partial charge in [-0.2, -0.15) is 0 Å². The van der Waals surface area contributed by atoms with Gasteiger partial charge in [0.05, 0.1) is 0 Å². The number of carbonyl (C=O) groups excluding carboxylic acids is 2. The number of aryl methyl sites for hydroxylation is 2. The van der Waals surface area contributed by atoms with Crippen molar-refractivity contribution in [1.29, 1.82) is 0 Å². The van der Waals surface area contributed by atoms with Crippen molar-refractivity contribution in [3.05, 3.63) is 11.5 Å². The Kier molecular flexibility index (Phi) is 4.83. The molecule has 1 aromatic heterocycles. The molecule has 0 spiro atoms. The molecule has 0 bridgehead atoms. The van der Waals surface area contributed by atoms with Gasteiger partial charge in [0, 0.05) is 5.54 Å². The SMILES string of the molecule is Cc1noc(C)c1NC(=O)C1(S(=O)(=O)NOC(=O)NC(C)(C)C)CC1. The largest absolute Gasteiger partial charge is 0.427 e. The fourth-order valence-corrected chi connectivity index (χ4v) is 3.40. The Morgan fingerprint density at radius 3 is 2.28 bits per heavy atom. The summed E-state index contributed by atoms with van der Waals surface area (Å²) < 4.78 is 28.1. The molecule has 0 aromatic carbocycles. The minimum Gasteiger partial charge on any atom is -0.359 e. The van der Waals surface area contributed by atoms with Crippen molar-refractivity contribution in [1.82, 2.24) is 15.4 Å². The summed E-state index contributed by atoms with van der Waals surface area (Å²) >= 11 is 0. The molecule has 1 heterocycles. The van der Waals surface area contributed by atoms with E-state index in [2.05, 4.69) is 20.6 Å². The highest BCUT2D eigenvalue weighted by molar-refractivity contribution is 7.92. The molecule has 10 nitrogen and oxygen atoms in total. The van der Waals surface area contributed by atoms with Crippen molar-refractivity contribution in [3.8, 4) is 0 Å². The van der Waals surface area contributed by atoms with Crippen LogP contribution >= 0.6 is 0 Å².